The van der Waals surface area contributed by atoms with Gasteiger partial charge in [0.05, 0.1) is 30.1 Å². The third kappa shape index (κ3) is 19.2. The Morgan fingerprint density at radius 3 is 2.18 bits per heavy atom. The SMILES string of the molecule is C#C.C=CC.CC=C(C)C.CCOC(=O)c1nn(-c2ccccc2Cl)cc1OCCNCC(F)(F)F.CCl. The van der Waals surface area contributed by atoms with E-state index in [1.54, 1.807) is 37.3 Å². The number of halogens is 5. The molecule has 1 heterocycles. The van der Waals surface area contributed by atoms with E-state index < -0.39 is 18.7 Å². The summed E-state index contributed by atoms with van der Waals surface area (Å²) >= 11 is 10.8. The van der Waals surface area contributed by atoms with Crippen molar-refractivity contribution >= 4 is 29.2 Å². The van der Waals surface area contributed by atoms with Crippen LogP contribution in [0.4, 0.5) is 13.2 Å². The fourth-order valence-corrected chi connectivity index (χ4v) is 2.25. The first-order valence-corrected chi connectivity index (χ1v) is 12.4. The number of benzene rings is 1. The molecule has 0 aliphatic heterocycles. The van der Waals surface area contributed by atoms with Gasteiger partial charge in [0, 0.05) is 12.9 Å². The van der Waals surface area contributed by atoms with Gasteiger partial charge >= 0.3 is 12.1 Å². The Hall–Kier alpha value is -2.93. The van der Waals surface area contributed by atoms with Crippen molar-refractivity contribution in [1.29, 1.82) is 0 Å². The molecule has 11 heteroatoms. The van der Waals surface area contributed by atoms with Crippen molar-refractivity contribution in [3.63, 3.8) is 0 Å². The van der Waals surface area contributed by atoms with Crippen LogP contribution in [0.1, 0.15) is 45.1 Å². The van der Waals surface area contributed by atoms with E-state index in [2.05, 4.69) is 61.4 Å². The molecule has 0 unspecified atom stereocenters. The Bertz CT molecular complexity index is 956. The van der Waals surface area contributed by atoms with Gasteiger partial charge in [-0.05, 0) is 46.8 Å². The van der Waals surface area contributed by atoms with Crippen LogP contribution in [0.2, 0.25) is 5.02 Å². The Morgan fingerprint density at radius 1 is 1.21 bits per heavy atom. The van der Waals surface area contributed by atoms with Crippen LogP contribution in [-0.4, -0.2) is 54.6 Å². The second-order valence-electron chi connectivity index (χ2n) is 6.87. The van der Waals surface area contributed by atoms with E-state index in [9.17, 15) is 18.0 Å². The zero-order valence-corrected chi connectivity index (χ0v) is 24.3. The Labute approximate surface area is 234 Å². The fourth-order valence-electron chi connectivity index (χ4n) is 2.03. The second kappa shape index (κ2) is 24.4. The smallest absolute Gasteiger partial charge is 0.401 e. The molecule has 1 N–H and O–H groups in total. The lowest BCUT2D eigenvalue weighted by Gasteiger charge is -2.09. The molecule has 2 aromatic rings. The summed E-state index contributed by atoms with van der Waals surface area (Å²) in [5.74, 6) is -0.603. The molecule has 0 aliphatic carbocycles. The summed E-state index contributed by atoms with van der Waals surface area (Å²) in [6.45, 7) is 12.0. The van der Waals surface area contributed by atoms with E-state index in [4.69, 9.17) is 21.1 Å². The van der Waals surface area contributed by atoms with Crippen molar-refractivity contribution in [3.05, 3.63) is 65.5 Å². The van der Waals surface area contributed by atoms with Crippen molar-refractivity contribution in [3.8, 4) is 24.3 Å². The van der Waals surface area contributed by atoms with Crippen LogP contribution in [-0.2, 0) is 4.74 Å². The van der Waals surface area contributed by atoms with Gasteiger partial charge in [-0.3, -0.25) is 0 Å². The minimum atomic E-state index is -4.30. The van der Waals surface area contributed by atoms with Crippen LogP contribution >= 0.6 is 23.2 Å². The maximum Gasteiger partial charge on any atom is 0.401 e. The van der Waals surface area contributed by atoms with Crippen LogP contribution in [0.25, 0.3) is 5.69 Å². The molecule has 0 aliphatic rings. The molecule has 2 rings (SSSR count). The summed E-state index contributed by atoms with van der Waals surface area (Å²) < 4.78 is 48.0. The second-order valence-corrected chi connectivity index (χ2v) is 7.28. The number of nitrogens with zero attached hydrogens (tertiary/aromatic N) is 2. The minimum absolute atomic E-state index is 0.0565. The van der Waals surface area contributed by atoms with E-state index in [0.717, 1.165) is 0 Å². The van der Waals surface area contributed by atoms with Gasteiger partial charge in [-0.25, -0.2) is 9.48 Å². The van der Waals surface area contributed by atoms with Crippen LogP contribution in [0.3, 0.4) is 0 Å². The van der Waals surface area contributed by atoms with Crippen LogP contribution in [0, 0.1) is 12.8 Å². The number of hydrogen-bond donors (Lipinski definition) is 1. The van der Waals surface area contributed by atoms with E-state index in [-0.39, 0.29) is 31.2 Å². The number of nitrogens with one attached hydrogen (secondary N) is 1. The molecule has 214 valence electrons. The summed E-state index contributed by atoms with van der Waals surface area (Å²) in [5, 5.41) is 6.74. The maximum absolute atomic E-state index is 12.1. The summed E-state index contributed by atoms with van der Waals surface area (Å²) in [7, 11) is 0. The predicted octanol–water partition coefficient (Wildman–Crippen LogP) is 7.50. The molecular formula is C27H38Cl2F3N3O3. The number of aromatic nitrogens is 2. The van der Waals surface area contributed by atoms with Crippen molar-refractivity contribution in [2.75, 3.05) is 32.7 Å². The minimum Gasteiger partial charge on any atom is -0.488 e. The van der Waals surface area contributed by atoms with E-state index in [1.165, 1.54) is 22.8 Å². The average molecular weight is 581 g/mol. The van der Waals surface area contributed by atoms with Gasteiger partial charge in [0.25, 0.3) is 0 Å². The highest BCUT2D eigenvalue weighted by Crippen LogP contribution is 2.25. The van der Waals surface area contributed by atoms with Crippen molar-refractivity contribution in [1.82, 2.24) is 15.1 Å². The number of terminal acetylenes is 1. The van der Waals surface area contributed by atoms with Gasteiger partial charge in [0.2, 0.25) is 5.69 Å². The van der Waals surface area contributed by atoms with Gasteiger partial charge in [-0.2, -0.15) is 18.3 Å². The lowest BCUT2D eigenvalue weighted by Crippen LogP contribution is -2.31. The molecular weight excluding hydrogens is 542 g/mol. The van der Waals surface area contributed by atoms with E-state index >= 15 is 0 Å². The number of esters is 1. The molecule has 0 saturated heterocycles. The predicted molar refractivity (Wildman–Crippen MR) is 152 cm³/mol. The number of rotatable bonds is 8. The summed E-state index contributed by atoms with van der Waals surface area (Å²) in [6, 6.07) is 6.84. The highest BCUT2D eigenvalue weighted by Gasteiger charge is 2.26. The van der Waals surface area contributed by atoms with Crippen molar-refractivity contribution in [2.45, 2.75) is 40.8 Å². The van der Waals surface area contributed by atoms with Gasteiger partial charge < -0.3 is 14.8 Å². The molecule has 0 amide bonds. The summed E-state index contributed by atoms with van der Waals surface area (Å²) in [5.41, 5.74) is 1.82. The van der Waals surface area contributed by atoms with Crippen LogP contribution in [0.15, 0.2) is 54.8 Å². The highest BCUT2D eigenvalue weighted by molar-refractivity contribution is 6.32. The molecule has 0 saturated carbocycles. The fraction of sp³-hybridized carbons (Fsp3) is 0.407. The number of carbonyl (C=O) groups is 1. The molecule has 0 atom stereocenters. The molecule has 0 spiro atoms. The van der Waals surface area contributed by atoms with Crippen molar-refractivity contribution < 1.29 is 27.4 Å². The van der Waals surface area contributed by atoms with Crippen LogP contribution in [0.5, 0.6) is 5.75 Å². The number of alkyl halides is 4. The first-order valence-electron chi connectivity index (χ1n) is 11.3. The Morgan fingerprint density at radius 2 is 1.74 bits per heavy atom. The average Bonchev–Trinajstić information content (AvgIpc) is 3.31. The maximum atomic E-state index is 12.1. The first kappa shape index (κ1) is 39.6. The monoisotopic (exact) mass is 579 g/mol. The van der Waals surface area contributed by atoms with Crippen LogP contribution < -0.4 is 10.1 Å². The topological polar surface area (TPSA) is 65.4 Å². The number of hydrogen-bond acceptors (Lipinski definition) is 5. The first-order chi connectivity index (χ1) is 18.0. The quantitative estimate of drug-likeness (QED) is 0.115. The third-order valence-electron chi connectivity index (χ3n) is 3.69. The largest absolute Gasteiger partial charge is 0.488 e. The van der Waals surface area contributed by atoms with E-state index in [1.807, 2.05) is 13.8 Å². The summed E-state index contributed by atoms with van der Waals surface area (Å²) in [4.78, 5) is 12.0. The number of allylic oxidation sites excluding steroid dienone is 3. The van der Waals surface area contributed by atoms with Gasteiger partial charge in [-0.1, -0.05) is 41.5 Å². The molecule has 6 nitrogen and oxygen atoms in total. The third-order valence-corrected chi connectivity index (χ3v) is 4.01. The molecule has 1 aromatic carbocycles. The molecule has 1 aromatic heterocycles. The molecule has 0 bridgehead atoms. The number of para-hydroxylation sites is 1. The van der Waals surface area contributed by atoms with Gasteiger partial charge in [-0.15, -0.1) is 31.0 Å². The summed E-state index contributed by atoms with van der Waals surface area (Å²) in [6.07, 6.45) is 10.4. The normalized spacial score (nSPS) is 9.29. The molecule has 38 heavy (non-hydrogen) atoms. The molecule has 0 radical (unpaired) electrons. The number of ether oxygens (including phenoxy) is 2. The zero-order valence-electron chi connectivity index (χ0n) is 22.7. The van der Waals surface area contributed by atoms with Crippen molar-refractivity contribution in [2.24, 2.45) is 0 Å². The highest BCUT2D eigenvalue weighted by atomic mass is 35.5. The van der Waals surface area contributed by atoms with Gasteiger partial charge in [0.15, 0.2) is 5.75 Å². The Balaban J connectivity index is -0.000000869. The Kier molecular flexibility index (Phi) is 25.4. The molecule has 0 fully saturated rings. The number of carbonyl (C=O) groups excluding carboxylic acids is 1. The zero-order chi connectivity index (χ0) is 30.1. The lowest BCUT2D eigenvalue weighted by atomic mass is 10.3. The van der Waals surface area contributed by atoms with Gasteiger partial charge in [0.1, 0.15) is 6.61 Å². The standard InChI is InChI=1S/C16H17ClF3N3O3.C5H10.C3H6.C2H2.CH3Cl/c1-2-25-15(24)14-13(26-8-7-21-10-16(18,19)20)9-23(22-14)12-6-4-3-5-11(12)17;1-4-5(2)3;1-3-2;2*1-2/h3-6,9,21H,2,7-8,10H2,1H3;4H,1-3H3;3H,1H2,2H3;1-2H;1H3. The lowest BCUT2D eigenvalue weighted by molar-refractivity contribution is -0.124. The van der Waals surface area contributed by atoms with E-state index in [0.29, 0.717) is 10.7 Å².